The van der Waals surface area contributed by atoms with Gasteiger partial charge in [-0.3, -0.25) is 4.79 Å². The molecule has 0 fully saturated rings. The highest BCUT2D eigenvalue weighted by atomic mass is 16.3. The Hall–Kier alpha value is -2.23. The topological polar surface area (TPSA) is 59.5 Å². The summed E-state index contributed by atoms with van der Waals surface area (Å²) in [6, 6.07) is 11.3. The molecule has 2 aromatic rings. The standard InChI is InChI=1S/C13H14N2O2/c1-15(9-10-5-3-2-4-6-10)13(16)12-11(14)7-8-17-12/h2-8H,9,14H2,1H3. The van der Waals surface area contributed by atoms with Crippen molar-refractivity contribution in [1.29, 1.82) is 0 Å². The zero-order chi connectivity index (χ0) is 12.3. The van der Waals surface area contributed by atoms with Crippen LogP contribution in [0.2, 0.25) is 0 Å². The van der Waals surface area contributed by atoms with Gasteiger partial charge in [0, 0.05) is 19.7 Å². The van der Waals surface area contributed by atoms with Crippen LogP contribution in [0.25, 0.3) is 0 Å². The fourth-order valence-corrected chi connectivity index (χ4v) is 1.60. The van der Waals surface area contributed by atoms with Gasteiger partial charge in [0.05, 0.1) is 12.0 Å². The van der Waals surface area contributed by atoms with Crippen LogP contribution in [0, 0.1) is 0 Å². The monoisotopic (exact) mass is 230 g/mol. The van der Waals surface area contributed by atoms with Gasteiger partial charge >= 0.3 is 0 Å². The molecule has 0 bridgehead atoms. The molecular formula is C13H14N2O2. The van der Waals surface area contributed by atoms with Gasteiger partial charge in [-0.2, -0.15) is 0 Å². The first-order valence-corrected chi connectivity index (χ1v) is 5.31. The molecule has 0 radical (unpaired) electrons. The number of nitrogens with two attached hydrogens (primary N) is 1. The smallest absolute Gasteiger partial charge is 0.291 e. The third-order valence-electron chi connectivity index (χ3n) is 2.50. The Morgan fingerprint density at radius 2 is 2.00 bits per heavy atom. The predicted octanol–water partition coefficient (Wildman–Crippen LogP) is 2.13. The Bertz CT molecular complexity index is 505. The van der Waals surface area contributed by atoms with Crippen molar-refractivity contribution in [2.24, 2.45) is 0 Å². The molecule has 0 saturated heterocycles. The number of nitrogen functional groups attached to an aromatic ring is 1. The van der Waals surface area contributed by atoms with Crippen LogP contribution < -0.4 is 5.73 Å². The summed E-state index contributed by atoms with van der Waals surface area (Å²) in [5, 5.41) is 0. The fraction of sp³-hybridized carbons (Fsp3) is 0.154. The maximum atomic E-state index is 12.0. The van der Waals surface area contributed by atoms with Gasteiger partial charge in [0.25, 0.3) is 5.91 Å². The van der Waals surface area contributed by atoms with E-state index in [2.05, 4.69) is 0 Å². The fourth-order valence-electron chi connectivity index (χ4n) is 1.60. The summed E-state index contributed by atoms with van der Waals surface area (Å²) in [6.45, 7) is 0.528. The molecule has 2 N–H and O–H groups in total. The minimum atomic E-state index is -0.212. The van der Waals surface area contributed by atoms with Crippen LogP contribution in [0.1, 0.15) is 16.1 Å². The summed E-state index contributed by atoms with van der Waals surface area (Å²) in [6.07, 6.45) is 1.42. The van der Waals surface area contributed by atoms with Gasteiger partial charge in [0.1, 0.15) is 0 Å². The lowest BCUT2D eigenvalue weighted by atomic mass is 10.2. The summed E-state index contributed by atoms with van der Waals surface area (Å²) < 4.78 is 5.07. The molecule has 0 spiro atoms. The molecule has 4 nitrogen and oxygen atoms in total. The van der Waals surface area contributed by atoms with E-state index in [4.69, 9.17) is 10.2 Å². The van der Waals surface area contributed by atoms with E-state index in [-0.39, 0.29) is 11.7 Å². The number of benzene rings is 1. The predicted molar refractivity (Wildman–Crippen MR) is 65.4 cm³/mol. The molecule has 1 aromatic carbocycles. The molecule has 0 unspecified atom stereocenters. The Labute approximate surface area is 99.6 Å². The van der Waals surface area contributed by atoms with Gasteiger partial charge in [-0.1, -0.05) is 30.3 Å². The van der Waals surface area contributed by atoms with Gasteiger partial charge in [0.2, 0.25) is 5.76 Å². The van der Waals surface area contributed by atoms with Crippen LogP contribution in [0.15, 0.2) is 47.1 Å². The van der Waals surface area contributed by atoms with E-state index in [0.29, 0.717) is 12.2 Å². The van der Waals surface area contributed by atoms with E-state index < -0.39 is 0 Å². The molecule has 1 amide bonds. The number of carbonyl (C=O) groups is 1. The summed E-state index contributed by atoms with van der Waals surface area (Å²) >= 11 is 0. The second-order valence-electron chi connectivity index (χ2n) is 3.85. The van der Waals surface area contributed by atoms with Crippen molar-refractivity contribution < 1.29 is 9.21 Å². The molecule has 17 heavy (non-hydrogen) atoms. The van der Waals surface area contributed by atoms with Gasteiger partial charge in [-0.25, -0.2) is 0 Å². The van der Waals surface area contributed by atoms with Gasteiger partial charge in [-0.05, 0) is 5.56 Å². The molecule has 4 heteroatoms. The first-order valence-electron chi connectivity index (χ1n) is 5.31. The Morgan fingerprint density at radius 1 is 1.29 bits per heavy atom. The number of nitrogens with zero attached hydrogens (tertiary/aromatic N) is 1. The second kappa shape index (κ2) is 4.74. The minimum absolute atomic E-state index is 0.198. The molecule has 0 saturated carbocycles. The minimum Gasteiger partial charge on any atom is -0.457 e. The highest BCUT2D eigenvalue weighted by Gasteiger charge is 2.17. The summed E-state index contributed by atoms with van der Waals surface area (Å²) in [4.78, 5) is 13.6. The third-order valence-corrected chi connectivity index (χ3v) is 2.50. The molecule has 1 aromatic heterocycles. The van der Waals surface area contributed by atoms with Crippen molar-refractivity contribution >= 4 is 11.6 Å². The lowest BCUT2D eigenvalue weighted by Gasteiger charge is -2.16. The number of amides is 1. The maximum Gasteiger partial charge on any atom is 0.291 e. The van der Waals surface area contributed by atoms with E-state index in [9.17, 15) is 4.79 Å². The van der Waals surface area contributed by atoms with Crippen LogP contribution in [0.3, 0.4) is 0 Å². The van der Waals surface area contributed by atoms with Crippen molar-refractivity contribution in [3.8, 4) is 0 Å². The number of carbonyl (C=O) groups excluding carboxylic acids is 1. The Morgan fingerprint density at radius 3 is 2.59 bits per heavy atom. The zero-order valence-corrected chi connectivity index (χ0v) is 9.59. The average Bonchev–Trinajstić information content (AvgIpc) is 2.76. The number of anilines is 1. The molecule has 0 aliphatic rings. The number of furan rings is 1. The normalized spacial score (nSPS) is 10.2. The highest BCUT2D eigenvalue weighted by molar-refractivity contribution is 5.96. The van der Waals surface area contributed by atoms with Gasteiger partial charge in [-0.15, -0.1) is 0 Å². The van der Waals surface area contributed by atoms with Crippen LogP contribution in [0.4, 0.5) is 5.69 Å². The van der Waals surface area contributed by atoms with E-state index in [1.54, 1.807) is 18.0 Å². The van der Waals surface area contributed by atoms with Crippen molar-refractivity contribution in [2.75, 3.05) is 12.8 Å². The maximum absolute atomic E-state index is 12.0. The number of hydrogen-bond donors (Lipinski definition) is 1. The van der Waals surface area contributed by atoms with E-state index >= 15 is 0 Å². The number of rotatable bonds is 3. The molecule has 1 heterocycles. The lowest BCUT2D eigenvalue weighted by Crippen LogP contribution is -2.26. The second-order valence-corrected chi connectivity index (χ2v) is 3.85. The van der Waals surface area contributed by atoms with Crippen molar-refractivity contribution in [3.63, 3.8) is 0 Å². The molecule has 0 aliphatic carbocycles. The third kappa shape index (κ3) is 2.47. The van der Waals surface area contributed by atoms with Crippen LogP contribution in [0.5, 0.6) is 0 Å². The lowest BCUT2D eigenvalue weighted by molar-refractivity contribution is 0.0755. The summed E-state index contributed by atoms with van der Waals surface area (Å²) in [5.41, 5.74) is 7.07. The van der Waals surface area contributed by atoms with E-state index in [0.717, 1.165) is 5.56 Å². The van der Waals surface area contributed by atoms with Crippen molar-refractivity contribution in [1.82, 2.24) is 4.90 Å². The average molecular weight is 230 g/mol. The SMILES string of the molecule is CN(Cc1ccccc1)C(=O)c1occc1N. The van der Waals surface area contributed by atoms with Crippen LogP contribution >= 0.6 is 0 Å². The zero-order valence-electron chi connectivity index (χ0n) is 9.59. The summed E-state index contributed by atoms with van der Waals surface area (Å²) in [7, 11) is 1.72. The van der Waals surface area contributed by atoms with Gasteiger partial charge < -0.3 is 15.1 Å². The van der Waals surface area contributed by atoms with Gasteiger partial charge in [0.15, 0.2) is 0 Å². The molecule has 0 atom stereocenters. The van der Waals surface area contributed by atoms with Crippen molar-refractivity contribution in [2.45, 2.75) is 6.54 Å². The first-order chi connectivity index (χ1) is 8.18. The van der Waals surface area contributed by atoms with E-state index in [1.165, 1.54) is 6.26 Å². The largest absolute Gasteiger partial charge is 0.457 e. The first kappa shape index (κ1) is 11.3. The van der Waals surface area contributed by atoms with Crippen LogP contribution in [-0.2, 0) is 6.54 Å². The highest BCUT2D eigenvalue weighted by Crippen LogP contribution is 2.15. The van der Waals surface area contributed by atoms with Crippen LogP contribution in [-0.4, -0.2) is 17.9 Å². The Balaban J connectivity index is 2.09. The molecule has 0 aliphatic heterocycles. The molecule has 88 valence electrons. The van der Waals surface area contributed by atoms with E-state index in [1.807, 2.05) is 30.3 Å². The molecule has 2 rings (SSSR count). The summed E-state index contributed by atoms with van der Waals surface area (Å²) in [5.74, 6) is -0.0141. The Kier molecular flexibility index (Phi) is 3.14. The number of hydrogen-bond acceptors (Lipinski definition) is 3. The molecular weight excluding hydrogens is 216 g/mol. The quantitative estimate of drug-likeness (QED) is 0.878. The van der Waals surface area contributed by atoms with Crippen molar-refractivity contribution in [3.05, 3.63) is 54.0 Å².